The molecule has 5 heteroatoms. The molecule has 134 valence electrons. The molecule has 0 unspecified atom stereocenters. The summed E-state index contributed by atoms with van der Waals surface area (Å²) in [4.78, 5) is 12.8. The summed E-state index contributed by atoms with van der Waals surface area (Å²) in [6.07, 6.45) is 2.09. The van der Waals surface area contributed by atoms with E-state index in [0.717, 1.165) is 30.4 Å². The number of carbonyl (C=O) groups excluding carboxylic acids is 1. The van der Waals surface area contributed by atoms with Crippen LogP contribution >= 0.6 is 0 Å². The zero-order chi connectivity index (χ0) is 17.9. The van der Waals surface area contributed by atoms with Crippen molar-refractivity contribution in [3.05, 3.63) is 71.7 Å². The highest BCUT2D eigenvalue weighted by molar-refractivity contribution is 5.98. The molecule has 1 N–H and O–H groups in total. The van der Waals surface area contributed by atoms with Gasteiger partial charge in [-0.15, -0.1) is 0 Å². The molecule has 1 aromatic heterocycles. The van der Waals surface area contributed by atoms with Gasteiger partial charge < -0.3 is 14.6 Å². The van der Waals surface area contributed by atoms with Gasteiger partial charge in [0.05, 0.1) is 12.6 Å². The molecule has 1 saturated heterocycles. The van der Waals surface area contributed by atoms with Crippen molar-refractivity contribution in [1.82, 2.24) is 9.88 Å². The topological polar surface area (TPSA) is 43.3 Å². The van der Waals surface area contributed by atoms with Crippen molar-refractivity contribution < 1.29 is 13.9 Å². The first-order chi connectivity index (χ1) is 12.7. The van der Waals surface area contributed by atoms with Crippen molar-refractivity contribution in [3.8, 4) is 0 Å². The molecule has 0 spiro atoms. The summed E-state index contributed by atoms with van der Waals surface area (Å²) in [5.41, 5.74) is 2.01. The van der Waals surface area contributed by atoms with Gasteiger partial charge in [0.25, 0.3) is 5.91 Å². The molecule has 1 fully saturated rings. The van der Waals surface area contributed by atoms with Crippen LogP contribution in [0.1, 0.15) is 28.9 Å². The number of nitrogens with zero attached hydrogens (tertiary/aromatic N) is 1. The molecule has 2 aromatic carbocycles. The van der Waals surface area contributed by atoms with E-state index in [-0.39, 0.29) is 17.8 Å². The number of halogens is 1. The number of hydrogen-bond donors (Lipinski definition) is 1. The number of amides is 1. The Morgan fingerprint density at radius 2 is 2.00 bits per heavy atom. The molecule has 26 heavy (non-hydrogen) atoms. The lowest BCUT2D eigenvalue weighted by molar-refractivity contribution is 0.0851. The number of benzene rings is 2. The minimum Gasteiger partial charge on any atom is -0.376 e. The van der Waals surface area contributed by atoms with Crippen LogP contribution in [0.25, 0.3) is 10.9 Å². The average molecular weight is 352 g/mol. The second-order valence-electron chi connectivity index (χ2n) is 6.61. The molecular weight excluding hydrogens is 331 g/mol. The Kier molecular flexibility index (Phi) is 4.71. The van der Waals surface area contributed by atoms with E-state index in [9.17, 15) is 9.18 Å². The van der Waals surface area contributed by atoms with Gasteiger partial charge in [-0.1, -0.05) is 36.4 Å². The molecule has 2 heterocycles. The van der Waals surface area contributed by atoms with E-state index < -0.39 is 0 Å². The second kappa shape index (κ2) is 7.30. The summed E-state index contributed by atoms with van der Waals surface area (Å²) >= 11 is 0. The summed E-state index contributed by atoms with van der Waals surface area (Å²) in [6.45, 7) is 1.57. The Bertz CT molecular complexity index is 929. The van der Waals surface area contributed by atoms with Gasteiger partial charge in [-0.3, -0.25) is 4.79 Å². The maximum Gasteiger partial charge on any atom is 0.268 e. The van der Waals surface area contributed by atoms with Crippen molar-refractivity contribution in [2.24, 2.45) is 0 Å². The van der Waals surface area contributed by atoms with Gasteiger partial charge in [0, 0.05) is 29.6 Å². The number of hydrogen-bond acceptors (Lipinski definition) is 2. The molecular formula is C21H21FN2O2. The van der Waals surface area contributed by atoms with Crippen molar-refractivity contribution in [2.45, 2.75) is 25.5 Å². The summed E-state index contributed by atoms with van der Waals surface area (Å²) in [6, 6.07) is 16.3. The molecule has 1 aliphatic heterocycles. The number of ether oxygens (including phenoxy) is 1. The molecule has 1 amide bonds. The van der Waals surface area contributed by atoms with Crippen LogP contribution in [0.15, 0.2) is 54.6 Å². The Balaban J connectivity index is 1.65. The Morgan fingerprint density at radius 3 is 2.81 bits per heavy atom. The number of carbonyl (C=O) groups is 1. The number of fused-ring (bicyclic) bond motifs is 1. The number of para-hydroxylation sites is 1. The average Bonchev–Trinajstić information content (AvgIpc) is 3.30. The maximum atomic E-state index is 14.1. The lowest BCUT2D eigenvalue weighted by Crippen LogP contribution is -2.33. The van der Waals surface area contributed by atoms with Crippen LogP contribution in [0, 0.1) is 5.82 Å². The van der Waals surface area contributed by atoms with E-state index >= 15 is 0 Å². The van der Waals surface area contributed by atoms with Gasteiger partial charge in [-0.25, -0.2) is 4.39 Å². The smallest absolute Gasteiger partial charge is 0.268 e. The molecule has 4 nitrogen and oxygen atoms in total. The van der Waals surface area contributed by atoms with Crippen molar-refractivity contribution in [3.63, 3.8) is 0 Å². The highest BCUT2D eigenvalue weighted by atomic mass is 19.1. The molecule has 1 aliphatic rings. The fourth-order valence-corrected chi connectivity index (χ4v) is 3.47. The standard InChI is InChI=1S/C21H21FN2O2/c22-18-9-3-1-7-16(18)14-24-19-10-4-2-6-15(19)12-20(24)21(25)23-13-17-8-5-11-26-17/h1-4,6-7,9-10,12,17H,5,8,11,13-14H2,(H,23,25)/t17-/m0/s1. The van der Waals surface area contributed by atoms with Crippen LogP contribution in [0.5, 0.6) is 0 Å². The Hall–Kier alpha value is -2.66. The molecule has 1 atom stereocenters. The minimum atomic E-state index is -0.268. The lowest BCUT2D eigenvalue weighted by Gasteiger charge is -2.14. The van der Waals surface area contributed by atoms with Gasteiger partial charge in [-0.2, -0.15) is 0 Å². The summed E-state index contributed by atoms with van der Waals surface area (Å²) in [5.74, 6) is -0.427. The third kappa shape index (κ3) is 3.35. The van der Waals surface area contributed by atoms with Crippen LogP contribution in [-0.2, 0) is 11.3 Å². The quantitative estimate of drug-likeness (QED) is 0.760. The first-order valence-corrected chi connectivity index (χ1v) is 8.94. The van der Waals surface area contributed by atoms with Crippen molar-refractivity contribution >= 4 is 16.8 Å². The first kappa shape index (κ1) is 16.8. The summed E-state index contributed by atoms with van der Waals surface area (Å²) < 4.78 is 21.6. The third-order valence-corrected chi connectivity index (χ3v) is 4.84. The van der Waals surface area contributed by atoms with Crippen LogP contribution < -0.4 is 5.32 Å². The fourth-order valence-electron chi connectivity index (χ4n) is 3.47. The van der Waals surface area contributed by atoms with Gasteiger partial charge in [0.15, 0.2) is 0 Å². The van der Waals surface area contributed by atoms with Crippen LogP contribution in [0.4, 0.5) is 4.39 Å². The normalized spacial score (nSPS) is 16.9. The molecule has 3 aromatic rings. The van der Waals surface area contributed by atoms with E-state index in [0.29, 0.717) is 24.3 Å². The second-order valence-corrected chi connectivity index (χ2v) is 6.61. The molecule has 0 bridgehead atoms. The number of aromatic nitrogens is 1. The summed E-state index contributed by atoms with van der Waals surface area (Å²) in [7, 11) is 0. The van der Waals surface area contributed by atoms with Gasteiger partial charge in [0.1, 0.15) is 11.5 Å². The molecule has 0 radical (unpaired) electrons. The van der Waals surface area contributed by atoms with E-state index in [1.54, 1.807) is 18.2 Å². The van der Waals surface area contributed by atoms with Crippen molar-refractivity contribution in [1.29, 1.82) is 0 Å². The van der Waals surface area contributed by atoms with E-state index in [1.165, 1.54) is 6.07 Å². The van der Waals surface area contributed by atoms with E-state index in [2.05, 4.69) is 5.32 Å². The first-order valence-electron chi connectivity index (χ1n) is 8.94. The Labute approximate surface area is 151 Å². The predicted octanol–water partition coefficient (Wildman–Crippen LogP) is 3.74. The van der Waals surface area contributed by atoms with Gasteiger partial charge >= 0.3 is 0 Å². The SMILES string of the molecule is O=C(NC[C@@H]1CCCO1)c1cc2ccccc2n1Cc1ccccc1F. The van der Waals surface area contributed by atoms with Crippen LogP contribution in [-0.4, -0.2) is 29.7 Å². The third-order valence-electron chi connectivity index (χ3n) is 4.84. The molecule has 0 saturated carbocycles. The number of nitrogens with one attached hydrogen (secondary N) is 1. The Morgan fingerprint density at radius 1 is 1.19 bits per heavy atom. The van der Waals surface area contributed by atoms with Gasteiger partial charge in [-0.05, 0) is 31.0 Å². The predicted molar refractivity (Wildman–Crippen MR) is 98.7 cm³/mol. The van der Waals surface area contributed by atoms with E-state index in [4.69, 9.17) is 4.74 Å². The highest BCUT2D eigenvalue weighted by Gasteiger charge is 2.20. The molecule has 0 aliphatic carbocycles. The minimum absolute atomic E-state index is 0.0864. The van der Waals surface area contributed by atoms with Crippen molar-refractivity contribution in [2.75, 3.05) is 13.2 Å². The zero-order valence-corrected chi connectivity index (χ0v) is 14.5. The fraction of sp³-hybridized carbons (Fsp3) is 0.286. The highest BCUT2D eigenvalue weighted by Crippen LogP contribution is 2.22. The van der Waals surface area contributed by atoms with E-state index in [1.807, 2.05) is 34.9 Å². The summed E-state index contributed by atoms with van der Waals surface area (Å²) in [5, 5.41) is 3.93. The van der Waals surface area contributed by atoms with Crippen LogP contribution in [0.2, 0.25) is 0 Å². The van der Waals surface area contributed by atoms with Gasteiger partial charge in [0.2, 0.25) is 0 Å². The largest absolute Gasteiger partial charge is 0.376 e. The molecule has 4 rings (SSSR count). The number of rotatable bonds is 5. The maximum absolute atomic E-state index is 14.1. The monoisotopic (exact) mass is 352 g/mol. The lowest BCUT2D eigenvalue weighted by atomic mass is 10.2. The van der Waals surface area contributed by atoms with Crippen LogP contribution in [0.3, 0.4) is 0 Å². The zero-order valence-electron chi connectivity index (χ0n) is 14.5.